The Balaban J connectivity index is 1.67. The molecule has 2 heterocycles. The van der Waals surface area contributed by atoms with Gasteiger partial charge in [-0.2, -0.15) is 0 Å². The fourth-order valence-corrected chi connectivity index (χ4v) is 3.19. The molecule has 22 heavy (non-hydrogen) atoms. The fourth-order valence-electron chi connectivity index (χ4n) is 3.19. The SMILES string of the molecule is O=[N+]([O-])c1ccc(CN2CCC(CCCO)=CC2C2CC2)o1. The number of aliphatic hydroxyl groups is 1. The van der Waals surface area contributed by atoms with Crippen LogP contribution in [0.1, 0.15) is 37.9 Å². The molecule has 1 aliphatic heterocycles. The van der Waals surface area contributed by atoms with Crippen LogP contribution in [0.4, 0.5) is 5.88 Å². The number of rotatable bonds is 7. The Hall–Kier alpha value is -1.66. The highest BCUT2D eigenvalue weighted by atomic mass is 16.6. The molecule has 1 atom stereocenters. The maximum absolute atomic E-state index is 10.7. The maximum atomic E-state index is 10.7. The molecule has 0 spiro atoms. The quantitative estimate of drug-likeness (QED) is 0.476. The smallest absolute Gasteiger partial charge is 0.404 e. The topological polar surface area (TPSA) is 79.8 Å². The molecule has 0 bridgehead atoms. The summed E-state index contributed by atoms with van der Waals surface area (Å²) in [6, 6.07) is 3.53. The Labute approximate surface area is 129 Å². The number of hydrogen-bond donors (Lipinski definition) is 1. The highest BCUT2D eigenvalue weighted by Gasteiger charge is 2.36. The van der Waals surface area contributed by atoms with Gasteiger partial charge in [-0.1, -0.05) is 11.6 Å². The Bertz CT molecular complexity index is 562. The molecular formula is C16H22N2O4. The normalized spacial score (nSPS) is 22.6. The summed E-state index contributed by atoms with van der Waals surface area (Å²) in [7, 11) is 0. The first-order valence-electron chi connectivity index (χ1n) is 7.95. The van der Waals surface area contributed by atoms with Gasteiger partial charge in [0.05, 0.1) is 12.6 Å². The van der Waals surface area contributed by atoms with Crippen molar-refractivity contribution in [3.05, 3.63) is 39.7 Å². The lowest BCUT2D eigenvalue weighted by Gasteiger charge is -2.34. The molecule has 0 saturated heterocycles. The molecule has 0 amide bonds. The second-order valence-corrected chi connectivity index (χ2v) is 6.20. The Morgan fingerprint density at radius 2 is 2.23 bits per heavy atom. The third kappa shape index (κ3) is 3.56. The Kier molecular flexibility index (Phi) is 4.59. The van der Waals surface area contributed by atoms with Crippen molar-refractivity contribution in [1.29, 1.82) is 0 Å². The van der Waals surface area contributed by atoms with Crippen LogP contribution < -0.4 is 0 Å². The van der Waals surface area contributed by atoms with Crippen molar-refractivity contribution in [1.82, 2.24) is 4.90 Å². The lowest BCUT2D eigenvalue weighted by Crippen LogP contribution is -2.39. The predicted octanol–water partition coefficient (Wildman–Crippen LogP) is 2.87. The zero-order valence-corrected chi connectivity index (χ0v) is 12.6. The second kappa shape index (κ2) is 6.62. The minimum absolute atomic E-state index is 0.186. The van der Waals surface area contributed by atoms with Gasteiger partial charge in [0.25, 0.3) is 0 Å². The van der Waals surface area contributed by atoms with Crippen molar-refractivity contribution in [3.8, 4) is 0 Å². The second-order valence-electron chi connectivity index (χ2n) is 6.20. The van der Waals surface area contributed by atoms with E-state index < -0.39 is 4.92 Å². The summed E-state index contributed by atoms with van der Waals surface area (Å²) in [6.45, 7) is 1.82. The molecule has 6 heteroatoms. The molecule has 2 aliphatic rings. The zero-order chi connectivity index (χ0) is 15.5. The van der Waals surface area contributed by atoms with Crippen LogP contribution in [0.15, 0.2) is 28.2 Å². The molecule has 1 aliphatic carbocycles. The first-order valence-corrected chi connectivity index (χ1v) is 7.95. The first-order chi connectivity index (χ1) is 10.7. The fraction of sp³-hybridized carbons (Fsp3) is 0.625. The van der Waals surface area contributed by atoms with Crippen molar-refractivity contribution in [2.75, 3.05) is 13.2 Å². The van der Waals surface area contributed by atoms with Gasteiger partial charge >= 0.3 is 5.88 Å². The largest absolute Gasteiger partial charge is 0.433 e. The summed E-state index contributed by atoms with van der Waals surface area (Å²) >= 11 is 0. The minimum Gasteiger partial charge on any atom is -0.404 e. The molecule has 1 aromatic heterocycles. The number of nitrogens with zero attached hydrogens (tertiary/aromatic N) is 2. The van der Waals surface area contributed by atoms with Crippen LogP contribution in [-0.2, 0) is 6.54 Å². The third-order valence-corrected chi connectivity index (χ3v) is 4.50. The van der Waals surface area contributed by atoms with Gasteiger partial charge < -0.3 is 9.52 Å². The molecule has 0 aromatic carbocycles. The van der Waals surface area contributed by atoms with E-state index in [9.17, 15) is 10.1 Å². The highest BCUT2D eigenvalue weighted by Crippen LogP contribution is 2.39. The van der Waals surface area contributed by atoms with E-state index in [-0.39, 0.29) is 12.5 Å². The van der Waals surface area contributed by atoms with Gasteiger partial charge in [-0.05, 0) is 44.1 Å². The van der Waals surface area contributed by atoms with Crippen LogP contribution in [0.25, 0.3) is 0 Å². The van der Waals surface area contributed by atoms with E-state index in [1.54, 1.807) is 6.07 Å². The van der Waals surface area contributed by atoms with Crippen LogP contribution in [0.3, 0.4) is 0 Å². The number of furan rings is 1. The molecule has 1 unspecified atom stereocenters. The van der Waals surface area contributed by atoms with Crippen LogP contribution in [0, 0.1) is 16.0 Å². The first kappa shape index (κ1) is 15.2. The van der Waals surface area contributed by atoms with Gasteiger partial charge in [-0.3, -0.25) is 15.0 Å². The zero-order valence-electron chi connectivity index (χ0n) is 12.6. The molecule has 0 radical (unpaired) electrons. The Morgan fingerprint density at radius 3 is 2.86 bits per heavy atom. The minimum atomic E-state index is -0.495. The van der Waals surface area contributed by atoms with Gasteiger partial charge in [0, 0.05) is 19.2 Å². The van der Waals surface area contributed by atoms with E-state index in [1.165, 1.54) is 24.5 Å². The highest BCUT2D eigenvalue weighted by molar-refractivity contribution is 5.19. The summed E-state index contributed by atoms with van der Waals surface area (Å²) in [4.78, 5) is 12.6. The molecule has 3 rings (SSSR count). The average Bonchev–Trinajstić information content (AvgIpc) is 3.25. The summed E-state index contributed by atoms with van der Waals surface area (Å²) < 4.78 is 5.29. The summed E-state index contributed by atoms with van der Waals surface area (Å²) in [5, 5.41) is 19.7. The van der Waals surface area contributed by atoms with Crippen molar-refractivity contribution in [2.45, 2.75) is 44.7 Å². The standard InChI is InChI=1S/C16H22N2O4/c19-9-1-2-12-7-8-17(15(10-12)13-3-4-13)11-14-5-6-16(22-14)18(20)21/h5-6,10,13,15,19H,1-4,7-9,11H2. The molecule has 1 fully saturated rings. The molecule has 1 saturated carbocycles. The van der Waals surface area contributed by atoms with Crippen molar-refractivity contribution in [3.63, 3.8) is 0 Å². The molecule has 6 nitrogen and oxygen atoms in total. The van der Waals surface area contributed by atoms with Crippen LogP contribution >= 0.6 is 0 Å². The number of hydrogen-bond acceptors (Lipinski definition) is 5. The van der Waals surface area contributed by atoms with Crippen molar-refractivity contribution < 1.29 is 14.4 Å². The van der Waals surface area contributed by atoms with Gasteiger partial charge in [0.15, 0.2) is 0 Å². The average molecular weight is 306 g/mol. The molecule has 120 valence electrons. The third-order valence-electron chi connectivity index (χ3n) is 4.50. The lowest BCUT2D eigenvalue weighted by molar-refractivity contribution is -0.402. The van der Waals surface area contributed by atoms with E-state index in [4.69, 9.17) is 9.52 Å². The van der Waals surface area contributed by atoms with Gasteiger partial charge in [0.2, 0.25) is 0 Å². The predicted molar refractivity (Wildman–Crippen MR) is 81.3 cm³/mol. The Morgan fingerprint density at radius 1 is 1.41 bits per heavy atom. The molecular weight excluding hydrogens is 284 g/mol. The number of nitro groups is 1. The van der Waals surface area contributed by atoms with E-state index in [0.717, 1.165) is 25.8 Å². The molecule has 1 aromatic rings. The van der Waals surface area contributed by atoms with Crippen LogP contribution in [0.2, 0.25) is 0 Å². The monoisotopic (exact) mass is 306 g/mol. The lowest BCUT2D eigenvalue weighted by atomic mass is 9.96. The molecule has 1 N–H and O–H groups in total. The maximum Gasteiger partial charge on any atom is 0.433 e. The van der Waals surface area contributed by atoms with E-state index in [0.29, 0.717) is 24.3 Å². The van der Waals surface area contributed by atoms with Crippen LogP contribution in [0.5, 0.6) is 0 Å². The number of aliphatic hydroxyl groups excluding tert-OH is 1. The van der Waals surface area contributed by atoms with Gasteiger partial charge in [-0.15, -0.1) is 0 Å². The van der Waals surface area contributed by atoms with Crippen molar-refractivity contribution >= 4 is 5.88 Å². The summed E-state index contributed by atoms with van der Waals surface area (Å²) in [6.07, 6.45) is 7.67. The van der Waals surface area contributed by atoms with Gasteiger partial charge in [-0.25, -0.2) is 0 Å². The summed E-state index contributed by atoms with van der Waals surface area (Å²) in [5.74, 6) is 1.17. The van der Waals surface area contributed by atoms with E-state index >= 15 is 0 Å². The van der Waals surface area contributed by atoms with Crippen molar-refractivity contribution in [2.24, 2.45) is 5.92 Å². The van der Waals surface area contributed by atoms with E-state index in [2.05, 4.69) is 11.0 Å². The van der Waals surface area contributed by atoms with E-state index in [1.807, 2.05) is 0 Å². The van der Waals surface area contributed by atoms with Gasteiger partial charge in [0.1, 0.15) is 10.7 Å². The van der Waals surface area contributed by atoms with Crippen LogP contribution in [-0.4, -0.2) is 34.1 Å². The summed E-state index contributed by atoms with van der Waals surface area (Å²) in [5.41, 5.74) is 1.44.